The Labute approximate surface area is 349 Å². The van der Waals surface area contributed by atoms with Crippen LogP contribution in [-0.4, -0.2) is 130 Å². The smallest absolute Gasteiger partial charge is 0.329 e. The first-order chi connectivity index (χ1) is 27.1. The van der Waals surface area contributed by atoms with Gasteiger partial charge in [-0.2, -0.15) is 0 Å². The molecule has 9 atom stereocenters. The average Bonchev–Trinajstić information content (AvgIpc) is 3.86. The van der Waals surface area contributed by atoms with Crippen LogP contribution in [0.4, 0.5) is 0 Å². The summed E-state index contributed by atoms with van der Waals surface area (Å²) in [6, 6.07) is 3.16. The van der Waals surface area contributed by atoms with Gasteiger partial charge in [-0.05, 0) is 74.5 Å². The van der Waals surface area contributed by atoms with E-state index in [2.05, 4.69) is 5.32 Å². The predicted molar refractivity (Wildman–Crippen MR) is 227 cm³/mol. The summed E-state index contributed by atoms with van der Waals surface area (Å²) >= 11 is 1.56. The van der Waals surface area contributed by atoms with E-state index < -0.39 is 65.5 Å². The molecule has 3 aliphatic rings. The number of cyclic esters (lactones) is 1. The minimum absolute atomic E-state index is 0.00224. The van der Waals surface area contributed by atoms with Crippen LogP contribution in [0.1, 0.15) is 93.6 Å². The molecular weight excluding hydrogens is 759 g/mol. The van der Waals surface area contributed by atoms with E-state index in [-0.39, 0.29) is 36.1 Å². The molecule has 4 amide bonds. The van der Waals surface area contributed by atoms with E-state index in [1.165, 1.54) is 16.8 Å². The third kappa shape index (κ3) is 11.4. The van der Waals surface area contributed by atoms with E-state index in [1.807, 2.05) is 60.6 Å². The fraction of sp³-hybridized carbons (Fsp3) is 0.682. The first kappa shape index (κ1) is 46.8. The van der Waals surface area contributed by atoms with Crippen LogP contribution in [0.15, 0.2) is 40.9 Å². The molecule has 3 aliphatic heterocycles. The Morgan fingerprint density at radius 3 is 2.24 bits per heavy atom. The molecule has 14 heteroatoms. The number of methoxy groups -OCH3 is 1. The highest BCUT2D eigenvalue weighted by Gasteiger charge is 2.44. The summed E-state index contributed by atoms with van der Waals surface area (Å²) in [5, 5.41) is 15.1. The van der Waals surface area contributed by atoms with Gasteiger partial charge in [0.15, 0.2) is 0 Å². The molecule has 0 saturated carbocycles. The van der Waals surface area contributed by atoms with E-state index >= 15 is 0 Å². The van der Waals surface area contributed by atoms with E-state index in [0.717, 1.165) is 10.6 Å². The van der Waals surface area contributed by atoms with E-state index in [4.69, 9.17) is 14.5 Å². The van der Waals surface area contributed by atoms with Crippen molar-refractivity contribution in [1.82, 2.24) is 20.0 Å². The van der Waals surface area contributed by atoms with Gasteiger partial charge in [0, 0.05) is 44.3 Å². The maximum absolute atomic E-state index is 14.4. The average molecular weight is 826 g/mol. The highest BCUT2D eigenvalue weighted by molar-refractivity contribution is 8.14. The maximum Gasteiger partial charge on any atom is 0.329 e. The minimum atomic E-state index is -1.03. The molecule has 0 aliphatic carbocycles. The third-order valence-corrected chi connectivity index (χ3v) is 13.2. The topological polar surface area (TPSA) is 158 Å². The number of rotatable bonds is 4. The zero-order valence-corrected chi connectivity index (χ0v) is 37.4. The SMILES string of the molecule is COc1ccc(CC2NC(=O)C(C)=CC3CSC(=N3)C(C)C(O)CC(C)CC(C(C)(C)C)OC(=O)C3CCCN3C(=O)C(C(C)C)N(C)C(=O)C(C)N(C)C2=O)cc1. The van der Waals surface area contributed by atoms with Gasteiger partial charge in [-0.25, -0.2) is 4.79 Å². The largest absolute Gasteiger partial charge is 0.497 e. The number of hydrogen-bond acceptors (Lipinski definition) is 10. The number of aliphatic hydroxyl groups excluding tert-OH is 1. The number of ether oxygens (including phenoxy) is 2. The van der Waals surface area contributed by atoms with Crippen molar-refractivity contribution in [2.45, 2.75) is 137 Å². The number of aliphatic imine (C=N–C) groups is 1. The Morgan fingerprint density at radius 2 is 1.64 bits per heavy atom. The molecule has 4 rings (SSSR count). The van der Waals surface area contributed by atoms with Crippen molar-refractivity contribution < 1.29 is 38.6 Å². The molecule has 1 saturated heterocycles. The quantitative estimate of drug-likeness (QED) is 0.404. The third-order valence-electron chi connectivity index (χ3n) is 11.9. The molecule has 9 unspecified atom stereocenters. The number of benzene rings is 1. The van der Waals surface area contributed by atoms with Crippen molar-refractivity contribution in [3.8, 4) is 5.75 Å². The lowest BCUT2D eigenvalue weighted by Gasteiger charge is -2.38. The molecule has 0 radical (unpaired) electrons. The van der Waals surface area contributed by atoms with Crippen LogP contribution < -0.4 is 10.1 Å². The van der Waals surface area contributed by atoms with Crippen LogP contribution in [0, 0.1) is 23.2 Å². The first-order valence-electron chi connectivity index (χ1n) is 20.7. The summed E-state index contributed by atoms with van der Waals surface area (Å²) in [7, 11) is 4.64. The lowest BCUT2D eigenvalue weighted by atomic mass is 9.81. The molecule has 1 aromatic carbocycles. The summed E-state index contributed by atoms with van der Waals surface area (Å²) in [6.07, 6.45) is 2.81. The lowest BCUT2D eigenvalue weighted by molar-refractivity contribution is -0.166. The van der Waals surface area contributed by atoms with Crippen molar-refractivity contribution in [3.63, 3.8) is 0 Å². The Morgan fingerprint density at radius 1 is 0.983 bits per heavy atom. The van der Waals surface area contributed by atoms with Crippen LogP contribution in [0.5, 0.6) is 5.75 Å². The van der Waals surface area contributed by atoms with Gasteiger partial charge in [-0.1, -0.05) is 66.7 Å². The monoisotopic (exact) mass is 825 g/mol. The van der Waals surface area contributed by atoms with Gasteiger partial charge in [-0.3, -0.25) is 24.2 Å². The van der Waals surface area contributed by atoms with Gasteiger partial charge in [0.25, 0.3) is 0 Å². The van der Waals surface area contributed by atoms with Crippen LogP contribution in [0.25, 0.3) is 0 Å². The molecule has 1 aromatic rings. The molecule has 3 heterocycles. The number of thioether (sulfide) groups is 1. The van der Waals surface area contributed by atoms with Gasteiger partial charge < -0.3 is 34.6 Å². The zero-order chi connectivity index (χ0) is 43.2. The highest BCUT2D eigenvalue weighted by atomic mass is 32.2. The maximum atomic E-state index is 14.4. The van der Waals surface area contributed by atoms with Gasteiger partial charge in [0.1, 0.15) is 36.0 Å². The molecule has 0 aromatic heterocycles. The number of likely N-dealkylation sites (N-methyl/N-ethyl adjacent to an activating group) is 2. The number of amides is 4. The second-order valence-electron chi connectivity index (χ2n) is 18.0. The predicted octanol–water partition coefficient (Wildman–Crippen LogP) is 4.89. The molecule has 322 valence electrons. The molecule has 13 nitrogen and oxygen atoms in total. The van der Waals surface area contributed by atoms with Crippen molar-refractivity contribution in [3.05, 3.63) is 41.5 Å². The van der Waals surface area contributed by atoms with Crippen molar-refractivity contribution in [2.75, 3.05) is 33.5 Å². The van der Waals surface area contributed by atoms with Gasteiger partial charge in [0.2, 0.25) is 23.6 Å². The van der Waals surface area contributed by atoms with Crippen molar-refractivity contribution >= 4 is 46.4 Å². The Hall–Kier alpha value is -3.91. The summed E-state index contributed by atoms with van der Waals surface area (Å²) in [5.74, 6) is -1.50. The van der Waals surface area contributed by atoms with Crippen molar-refractivity contribution in [2.24, 2.45) is 28.2 Å². The fourth-order valence-corrected chi connectivity index (χ4v) is 9.14. The second-order valence-corrected chi connectivity index (χ2v) is 19.0. The summed E-state index contributed by atoms with van der Waals surface area (Å²) in [5.41, 5.74) is 0.756. The van der Waals surface area contributed by atoms with Crippen LogP contribution in [0.2, 0.25) is 0 Å². The number of carbonyl (C=O) groups is 5. The van der Waals surface area contributed by atoms with Gasteiger partial charge in [0.05, 0.1) is 24.3 Å². The Balaban J connectivity index is 1.72. The van der Waals surface area contributed by atoms with Gasteiger partial charge in [-0.15, -0.1) is 11.8 Å². The molecule has 2 bridgehead atoms. The molecular formula is C44H67N5O8S. The fourth-order valence-electron chi connectivity index (χ4n) is 7.99. The van der Waals surface area contributed by atoms with Gasteiger partial charge >= 0.3 is 5.97 Å². The van der Waals surface area contributed by atoms with E-state index in [1.54, 1.807) is 62.9 Å². The summed E-state index contributed by atoms with van der Waals surface area (Å²) in [6.45, 7) is 17.4. The summed E-state index contributed by atoms with van der Waals surface area (Å²) < 4.78 is 11.6. The molecule has 58 heavy (non-hydrogen) atoms. The number of carbonyl (C=O) groups excluding carboxylic acids is 5. The molecule has 1 fully saturated rings. The molecule has 2 N–H and O–H groups in total. The second kappa shape index (κ2) is 19.9. The number of aliphatic hydroxyl groups is 1. The number of hydrogen-bond donors (Lipinski definition) is 2. The lowest BCUT2D eigenvalue weighted by Crippen LogP contribution is -2.59. The van der Waals surface area contributed by atoms with E-state index in [0.29, 0.717) is 49.3 Å². The number of nitrogens with one attached hydrogen (secondary N) is 1. The number of fused-ring (bicyclic) bond motifs is 2. The minimum Gasteiger partial charge on any atom is -0.497 e. The zero-order valence-electron chi connectivity index (χ0n) is 36.6. The molecule has 0 spiro atoms. The Bertz CT molecular complexity index is 1710. The standard InChI is InChI=1S/C44H67N5O8S/c1-25(2)37-42(54)49-19-13-14-34(49)43(55)57-36(44(7,8)9)21-26(3)20-35(50)28(5)39-45-31(24-58-39)22-27(4)38(51)46-33(23-30-15-17-32(56-12)18-16-30)41(53)47(10)29(6)40(52)48(37)11/h15-18,22,25-26,28-29,31,33-37,50H,13-14,19-21,23-24H2,1-12H3,(H,46,51). The first-order valence-corrected chi connectivity index (χ1v) is 21.7. The normalized spacial score (nSPS) is 30.6. The number of nitrogens with zero attached hydrogens (tertiary/aromatic N) is 4. The van der Waals surface area contributed by atoms with E-state index in [9.17, 15) is 29.1 Å². The Kier molecular flexibility index (Phi) is 16.0. The highest BCUT2D eigenvalue weighted by Crippen LogP contribution is 2.34. The summed E-state index contributed by atoms with van der Waals surface area (Å²) in [4.78, 5) is 79.9. The van der Waals surface area contributed by atoms with Crippen LogP contribution in [-0.2, 0) is 35.1 Å². The van der Waals surface area contributed by atoms with Crippen molar-refractivity contribution in [1.29, 1.82) is 0 Å². The number of esters is 1. The van der Waals surface area contributed by atoms with Crippen LogP contribution >= 0.6 is 11.8 Å². The van der Waals surface area contributed by atoms with Crippen LogP contribution in [0.3, 0.4) is 0 Å².